The number of hydrogen-bond donors (Lipinski definition) is 1. The fourth-order valence-electron chi connectivity index (χ4n) is 5.62. The molecule has 1 aromatic carbocycles. The molecule has 3 atom stereocenters. The molecular formula is C22H30N2O2. The maximum absolute atomic E-state index is 13.5. The summed E-state index contributed by atoms with van der Waals surface area (Å²) in [5, 5.41) is 3.37. The van der Waals surface area contributed by atoms with E-state index in [0.717, 1.165) is 38.5 Å². The van der Waals surface area contributed by atoms with Gasteiger partial charge < -0.3 is 10.2 Å². The summed E-state index contributed by atoms with van der Waals surface area (Å²) in [7, 11) is 0. The van der Waals surface area contributed by atoms with E-state index < -0.39 is 5.41 Å². The molecule has 2 bridgehead atoms. The van der Waals surface area contributed by atoms with Crippen molar-refractivity contribution in [1.29, 1.82) is 0 Å². The van der Waals surface area contributed by atoms with E-state index in [4.69, 9.17) is 0 Å². The van der Waals surface area contributed by atoms with Crippen LogP contribution in [0.3, 0.4) is 0 Å². The van der Waals surface area contributed by atoms with Gasteiger partial charge in [-0.2, -0.15) is 0 Å². The van der Waals surface area contributed by atoms with E-state index in [1.54, 1.807) is 0 Å². The number of carbonyl (C=O) groups excluding carboxylic acids is 2. The first-order valence-corrected chi connectivity index (χ1v) is 10.3. The zero-order chi connectivity index (χ0) is 18.1. The second-order valence-electron chi connectivity index (χ2n) is 8.38. The van der Waals surface area contributed by atoms with Crippen molar-refractivity contribution in [2.75, 3.05) is 0 Å². The summed E-state index contributed by atoms with van der Waals surface area (Å²) in [6.07, 6.45) is 8.70. The number of carbonyl (C=O) groups is 2. The van der Waals surface area contributed by atoms with Crippen molar-refractivity contribution < 1.29 is 9.59 Å². The van der Waals surface area contributed by atoms with E-state index in [9.17, 15) is 9.59 Å². The van der Waals surface area contributed by atoms with Crippen LogP contribution in [0.5, 0.6) is 0 Å². The van der Waals surface area contributed by atoms with Gasteiger partial charge in [0.25, 0.3) is 0 Å². The summed E-state index contributed by atoms with van der Waals surface area (Å²) in [6, 6.07) is 10.9. The van der Waals surface area contributed by atoms with Gasteiger partial charge in [0.05, 0.1) is 5.41 Å². The Morgan fingerprint density at radius 1 is 1.12 bits per heavy atom. The van der Waals surface area contributed by atoms with Crippen LogP contribution in [0, 0.1) is 5.41 Å². The molecule has 3 aliphatic rings. The van der Waals surface area contributed by atoms with Gasteiger partial charge in [-0.25, -0.2) is 0 Å². The molecule has 4 rings (SSSR count). The summed E-state index contributed by atoms with van der Waals surface area (Å²) in [4.78, 5) is 28.2. The molecule has 2 saturated heterocycles. The van der Waals surface area contributed by atoms with E-state index in [0.29, 0.717) is 12.5 Å². The average molecular weight is 354 g/mol. The lowest BCUT2D eigenvalue weighted by molar-refractivity contribution is -0.137. The molecule has 0 unspecified atom stereocenters. The highest BCUT2D eigenvalue weighted by Crippen LogP contribution is 2.52. The fourth-order valence-corrected chi connectivity index (χ4v) is 5.62. The zero-order valence-corrected chi connectivity index (χ0v) is 15.7. The summed E-state index contributed by atoms with van der Waals surface area (Å²) >= 11 is 0. The van der Waals surface area contributed by atoms with Crippen molar-refractivity contribution in [2.24, 2.45) is 5.41 Å². The molecular weight excluding hydrogens is 324 g/mol. The van der Waals surface area contributed by atoms with Gasteiger partial charge in [0, 0.05) is 24.5 Å². The van der Waals surface area contributed by atoms with Crippen LogP contribution >= 0.6 is 0 Å². The summed E-state index contributed by atoms with van der Waals surface area (Å²) in [5.74, 6) is 0.399. The molecule has 0 radical (unpaired) electrons. The van der Waals surface area contributed by atoms with Crippen molar-refractivity contribution in [2.45, 2.75) is 82.8 Å². The number of amides is 2. The first-order chi connectivity index (χ1) is 12.6. The van der Waals surface area contributed by atoms with Crippen LogP contribution in [0.1, 0.15) is 63.9 Å². The molecule has 1 saturated carbocycles. The highest BCUT2D eigenvalue weighted by atomic mass is 16.2. The Kier molecular flexibility index (Phi) is 4.76. The normalized spacial score (nSPS) is 30.7. The lowest BCUT2D eigenvalue weighted by atomic mass is 9.69. The third-order valence-electron chi connectivity index (χ3n) is 6.84. The topological polar surface area (TPSA) is 49.4 Å². The fraction of sp³-hybridized carbons (Fsp3) is 0.636. The van der Waals surface area contributed by atoms with Crippen molar-refractivity contribution in [1.82, 2.24) is 10.2 Å². The minimum atomic E-state index is -0.461. The monoisotopic (exact) mass is 354 g/mol. The Bertz CT molecular complexity index is 668. The number of rotatable bonds is 5. The highest BCUT2D eigenvalue weighted by Gasteiger charge is 2.60. The number of hydrogen-bond acceptors (Lipinski definition) is 2. The molecule has 2 amide bonds. The smallest absolute Gasteiger partial charge is 0.228 e. The maximum Gasteiger partial charge on any atom is 0.228 e. The third-order valence-corrected chi connectivity index (χ3v) is 6.84. The van der Waals surface area contributed by atoms with E-state index >= 15 is 0 Å². The number of nitrogens with one attached hydrogen (secondary N) is 1. The Morgan fingerprint density at radius 3 is 2.54 bits per heavy atom. The molecule has 1 N–H and O–H groups in total. The van der Waals surface area contributed by atoms with Crippen LogP contribution in [-0.2, 0) is 16.0 Å². The zero-order valence-electron chi connectivity index (χ0n) is 15.7. The molecule has 2 heterocycles. The predicted molar refractivity (Wildman–Crippen MR) is 102 cm³/mol. The van der Waals surface area contributed by atoms with Crippen LogP contribution in [0.15, 0.2) is 30.3 Å². The minimum Gasteiger partial charge on any atom is -0.353 e. The predicted octanol–water partition coefficient (Wildman–Crippen LogP) is 3.45. The van der Waals surface area contributed by atoms with Gasteiger partial charge in [-0.15, -0.1) is 0 Å². The quantitative estimate of drug-likeness (QED) is 0.880. The lowest BCUT2D eigenvalue weighted by Gasteiger charge is -2.37. The van der Waals surface area contributed by atoms with Gasteiger partial charge in [0.1, 0.15) is 0 Å². The molecule has 26 heavy (non-hydrogen) atoms. The van der Waals surface area contributed by atoms with E-state index in [-0.39, 0.29) is 23.9 Å². The van der Waals surface area contributed by atoms with Gasteiger partial charge >= 0.3 is 0 Å². The maximum atomic E-state index is 13.5. The van der Waals surface area contributed by atoms with Crippen molar-refractivity contribution in [3.63, 3.8) is 0 Å². The number of fused-ring (bicyclic) bond motifs is 2. The highest BCUT2D eigenvalue weighted by molar-refractivity contribution is 5.87. The van der Waals surface area contributed by atoms with Crippen LogP contribution in [0.25, 0.3) is 0 Å². The summed E-state index contributed by atoms with van der Waals surface area (Å²) in [5.41, 5.74) is 0.739. The molecule has 4 nitrogen and oxygen atoms in total. The number of benzene rings is 1. The molecule has 0 aromatic heterocycles. The first kappa shape index (κ1) is 17.6. The minimum absolute atomic E-state index is 0.0570. The second-order valence-corrected chi connectivity index (χ2v) is 8.38. The molecule has 1 aromatic rings. The van der Waals surface area contributed by atoms with Gasteiger partial charge in [-0.1, -0.05) is 50.1 Å². The SMILES string of the molecule is CCC(=O)N1[C@H]2CC[C@@H]1[C@](Cc1ccccc1)(C(=O)NC1CCCC1)C2. The lowest BCUT2D eigenvalue weighted by Crippen LogP contribution is -2.53. The van der Waals surface area contributed by atoms with Gasteiger partial charge in [0.15, 0.2) is 0 Å². The molecule has 2 aliphatic heterocycles. The Balaban J connectivity index is 1.64. The van der Waals surface area contributed by atoms with Crippen molar-refractivity contribution in [3.05, 3.63) is 35.9 Å². The largest absolute Gasteiger partial charge is 0.353 e. The Hall–Kier alpha value is -1.84. The van der Waals surface area contributed by atoms with Crippen LogP contribution in [0.4, 0.5) is 0 Å². The van der Waals surface area contributed by atoms with Crippen LogP contribution < -0.4 is 5.32 Å². The third kappa shape index (κ3) is 2.93. The van der Waals surface area contributed by atoms with Crippen molar-refractivity contribution in [3.8, 4) is 0 Å². The van der Waals surface area contributed by atoms with Gasteiger partial charge in [-0.3, -0.25) is 9.59 Å². The molecule has 140 valence electrons. The van der Waals surface area contributed by atoms with Gasteiger partial charge in [-0.05, 0) is 44.1 Å². The Morgan fingerprint density at radius 2 is 1.85 bits per heavy atom. The molecule has 0 spiro atoms. The molecule has 4 heteroatoms. The van der Waals surface area contributed by atoms with Crippen LogP contribution in [0.2, 0.25) is 0 Å². The van der Waals surface area contributed by atoms with Gasteiger partial charge in [0.2, 0.25) is 11.8 Å². The van der Waals surface area contributed by atoms with E-state index in [1.165, 1.54) is 18.4 Å². The first-order valence-electron chi connectivity index (χ1n) is 10.3. The molecule has 1 aliphatic carbocycles. The van der Waals surface area contributed by atoms with Crippen molar-refractivity contribution >= 4 is 11.8 Å². The molecule has 3 fully saturated rings. The summed E-state index contributed by atoms with van der Waals surface area (Å²) < 4.78 is 0. The van der Waals surface area contributed by atoms with Crippen LogP contribution in [-0.4, -0.2) is 34.8 Å². The Labute approximate surface area is 156 Å². The van der Waals surface area contributed by atoms with E-state index in [1.807, 2.05) is 25.1 Å². The summed E-state index contributed by atoms with van der Waals surface area (Å²) in [6.45, 7) is 1.93. The average Bonchev–Trinajstić information content (AvgIpc) is 3.37. The standard InChI is InChI=1S/C22H30N2O2/c1-2-20(25)24-18-12-13-19(24)22(15-18,14-16-8-4-3-5-9-16)21(26)23-17-10-6-7-11-17/h3-5,8-9,17-19H,2,6-7,10-15H2,1H3,(H,23,26)/t18-,19+,22+/m0/s1. The van der Waals surface area contributed by atoms with E-state index in [2.05, 4.69) is 22.3 Å². The second kappa shape index (κ2) is 7.05. The number of nitrogens with zero attached hydrogens (tertiary/aromatic N) is 1.